The molecule has 164 valence electrons. The van der Waals surface area contributed by atoms with Gasteiger partial charge in [0, 0.05) is 21.5 Å². The Balaban J connectivity index is 1.49. The highest BCUT2D eigenvalue weighted by Gasteiger charge is 2.50. The topological polar surface area (TPSA) is 103 Å². The molecule has 5 atom stereocenters. The molecule has 4 N–H and O–H groups in total. The first-order valence-corrected chi connectivity index (χ1v) is 12.1. The second-order valence-corrected chi connectivity index (χ2v) is 10.5. The number of ether oxygens (including phenoxy) is 1. The van der Waals surface area contributed by atoms with Crippen molar-refractivity contribution in [1.29, 1.82) is 0 Å². The average molecular weight is 480 g/mol. The molecule has 2 aromatic heterocycles. The fraction of sp³-hybridized carbons (Fsp3) is 0.409. The van der Waals surface area contributed by atoms with Crippen LogP contribution in [0.1, 0.15) is 35.1 Å². The Labute approximate surface area is 192 Å². The van der Waals surface area contributed by atoms with Gasteiger partial charge in [-0.15, -0.1) is 22.7 Å². The zero-order valence-corrected chi connectivity index (χ0v) is 18.8. The zero-order chi connectivity index (χ0) is 21.8. The van der Waals surface area contributed by atoms with Crippen LogP contribution in [-0.4, -0.2) is 56.4 Å². The van der Waals surface area contributed by atoms with Gasteiger partial charge in [-0.05, 0) is 41.5 Å². The summed E-state index contributed by atoms with van der Waals surface area (Å²) < 4.78 is 5.74. The molecule has 1 aliphatic carbocycles. The standard InChI is InChI=1S/C22H22ClNO5S2/c23-13-4-3-11(20-19(28)18(27)17(26)14(10-25)29-20)8-12(13)22(5-6-22)21-24-9-16(31-21)15-2-1-7-30-15/h1-4,7-9,14,17-20,25-28H,5-6,10H2/t14-,17-,18+,19-,20+/m1/s1. The first kappa shape index (κ1) is 21.5. The van der Waals surface area contributed by atoms with Crippen molar-refractivity contribution in [2.45, 2.75) is 48.8 Å². The number of halogens is 1. The molecule has 3 heterocycles. The van der Waals surface area contributed by atoms with Crippen LogP contribution in [0.4, 0.5) is 0 Å². The van der Waals surface area contributed by atoms with Crippen molar-refractivity contribution in [3.05, 3.63) is 63.1 Å². The van der Waals surface area contributed by atoms with E-state index in [1.54, 1.807) is 34.8 Å². The van der Waals surface area contributed by atoms with Gasteiger partial charge in [-0.2, -0.15) is 0 Å². The van der Waals surface area contributed by atoms with Crippen LogP contribution in [0.2, 0.25) is 5.02 Å². The first-order chi connectivity index (χ1) is 14.9. The summed E-state index contributed by atoms with van der Waals surface area (Å²) in [6.45, 7) is -0.462. The second kappa shape index (κ2) is 8.20. The summed E-state index contributed by atoms with van der Waals surface area (Å²) >= 11 is 9.95. The molecule has 2 aliphatic rings. The summed E-state index contributed by atoms with van der Waals surface area (Å²) in [6.07, 6.45) is -2.23. The number of rotatable bonds is 5. The van der Waals surface area contributed by atoms with Gasteiger partial charge in [0.15, 0.2) is 0 Å². The number of thiophene rings is 1. The summed E-state index contributed by atoms with van der Waals surface area (Å²) in [6, 6.07) is 9.50. The number of nitrogens with zero attached hydrogens (tertiary/aromatic N) is 1. The molecule has 31 heavy (non-hydrogen) atoms. The first-order valence-electron chi connectivity index (χ1n) is 10.1. The molecule has 0 amide bonds. The largest absolute Gasteiger partial charge is 0.394 e. The molecule has 1 aliphatic heterocycles. The van der Waals surface area contributed by atoms with Gasteiger partial charge in [-0.25, -0.2) is 4.98 Å². The summed E-state index contributed by atoms with van der Waals surface area (Å²) in [7, 11) is 0. The van der Waals surface area contributed by atoms with E-state index in [0.29, 0.717) is 10.6 Å². The molecule has 1 saturated carbocycles. The molecular weight excluding hydrogens is 458 g/mol. The third-order valence-corrected chi connectivity index (χ3v) is 8.75. The molecule has 9 heteroatoms. The third kappa shape index (κ3) is 3.65. The van der Waals surface area contributed by atoms with E-state index in [1.165, 1.54) is 4.88 Å². The highest BCUT2D eigenvalue weighted by molar-refractivity contribution is 7.21. The third-order valence-electron chi connectivity index (χ3n) is 6.16. The number of benzene rings is 1. The minimum Gasteiger partial charge on any atom is -0.394 e. The molecule has 6 nitrogen and oxygen atoms in total. The minimum atomic E-state index is -1.42. The Bertz CT molecular complexity index is 1070. The molecule has 0 unspecified atom stereocenters. The van der Waals surface area contributed by atoms with Crippen LogP contribution in [0.25, 0.3) is 9.75 Å². The van der Waals surface area contributed by atoms with Crippen molar-refractivity contribution < 1.29 is 25.2 Å². The van der Waals surface area contributed by atoms with Gasteiger partial charge >= 0.3 is 0 Å². The van der Waals surface area contributed by atoms with Crippen LogP contribution in [0.15, 0.2) is 41.9 Å². The lowest BCUT2D eigenvalue weighted by molar-refractivity contribution is -0.231. The lowest BCUT2D eigenvalue weighted by atomic mass is 9.88. The predicted octanol–water partition coefficient (Wildman–Crippen LogP) is 3.12. The van der Waals surface area contributed by atoms with E-state index in [1.807, 2.05) is 23.7 Å². The van der Waals surface area contributed by atoms with Gasteiger partial charge < -0.3 is 25.2 Å². The van der Waals surface area contributed by atoms with Gasteiger partial charge in [0.25, 0.3) is 0 Å². The van der Waals surface area contributed by atoms with Crippen molar-refractivity contribution >= 4 is 34.3 Å². The van der Waals surface area contributed by atoms with Crippen molar-refractivity contribution in [1.82, 2.24) is 4.98 Å². The van der Waals surface area contributed by atoms with Crippen molar-refractivity contribution in [2.75, 3.05) is 6.61 Å². The zero-order valence-electron chi connectivity index (χ0n) is 16.4. The normalized spacial score (nSPS) is 29.8. The van der Waals surface area contributed by atoms with Crippen LogP contribution in [0.5, 0.6) is 0 Å². The number of aromatic nitrogens is 1. The maximum Gasteiger partial charge on any atom is 0.113 e. The Hall–Kier alpha value is -1.36. The monoisotopic (exact) mass is 479 g/mol. The van der Waals surface area contributed by atoms with Gasteiger partial charge in [0.2, 0.25) is 0 Å². The van der Waals surface area contributed by atoms with Crippen LogP contribution in [0, 0.1) is 0 Å². The maximum absolute atomic E-state index is 10.5. The molecule has 5 rings (SSSR count). The molecule has 1 aromatic carbocycles. The fourth-order valence-corrected chi connectivity index (χ4v) is 6.51. The van der Waals surface area contributed by atoms with Gasteiger partial charge in [-0.3, -0.25) is 0 Å². The number of thiazole rings is 1. The quantitative estimate of drug-likeness (QED) is 0.448. The Kier molecular flexibility index (Phi) is 5.69. The van der Waals surface area contributed by atoms with Crippen LogP contribution >= 0.6 is 34.3 Å². The summed E-state index contributed by atoms with van der Waals surface area (Å²) in [4.78, 5) is 7.01. The summed E-state index contributed by atoms with van der Waals surface area (Å²) in [5.41, 5.74) is 1.27. The van der Waals surface area contributed by atoms with E-state index in [0.717, 1.165) is 28.3 Å². The number of hydrogen-bond acceptors (Lipinski definition) is 8. The van der Waals surface area contributed by atoms with E-state index in [9.17, 15) is 20.4 Å². The van der Waals surface area contributed by atoms with E-state index < -0.39 is 37.1 Å². The van der Waals surface area contributed by atoms with Crippen LogP contribution in [-0.2, 0) is 10.2 Å². The Morgan fingerprint density at radius 3 is 2.58 bits per heavy atom. The van der Waals surface area contributed by atoms with Crippen molar-refractivity contribution in [3.63, 3.8) is 0 Å². The highest BCUT2D eigenvalue weighted by atomic mass is 35.5. The SMILES string of the molecule is OC[C@H]1O[C@@H](c2ccc(Cl)c(C3(c4ncc(-c5cccs5)s4)CC3)c2)[C@H](O)[C@@H](O)[C@@H]1O. The number of aliphatic hydroxyl groups excluding tert-OH is 4. The molecule has 3 aromatic rings. The average Bonchev–Trinajstić information content (AvgIpc) is 3.17. The Morgan fingerprint density at radius 1 is 1.10 bits per heavy atom. The number of aliphatic hydroxyl groups is 4. The predicted molar refractivity (Wildman–Crippen MR) is 120 cm³/mol. The summed E-state index contributed by atoms with van der Waals surface area (Å²) in [5, 5.41) is 43.9. The molecule has 0 bridgehead atoms. The van der Waals surface area contributed by atoms with Crippen LogP contribution < -0.4 is 0 Å². The molecular formula is C22H22ClNO5S2. The van der Waals surface area contributed by atoms with Gasteiger partial charge in [0.05, 0.1) is 11.5 Å². The van der Waals surface area contributed by atoms with E-state index in [-0.39, 0.29) is 5.41 Å². The van der Waals surface area contributed by atoms with E-state index in [4.69, 9.17) is 21.3 Å². The number of hydrogen-bond donors (Lipinski definition) is 4. The molecule has 1 saturated heterocycles. The van der Waals surface area contributed by atoms with E-state index >= 15 is 0 Å². The fourth-order valence-electron chi connectivity index (χ4n) is 4.22. The highest BCUT2D eigenvalue weighted by Crippen LogP contribution is 2.57. The Morgan fingerprint density at radius 2 is 1.90 bits per heavy atom. The second-order valence-electron chi connectivity index (χ2n) is 8.08. The van der Waals surface area contributed by atoms with Gasteiger partial charge in [-0.1, -0.05) is 29.8 Å². The smallest absolute Gasteiger partial charge is 0.113 e. The molecule has 0 radical (unpaired) electrons. The van der Waals surface area contributed by atoms with Gasteiger partial charge in [0.1, 0.15) is 35.5 Å². The lowest BCUT2D eigenvalue weighted by Crippen LogP contribution is -2.55. The molecule has 0 spiro atoms. The van der Waals surface area contributed by atoms with Crippen LogP contribution in [0.3, 0.4) is 0 Å². The van der Waals surface area contributed by atoms with Crippen molar-refractivity contribution in [3.8, 4) is 9.75 Å². The maximum atomic E-state index is 10.5. The summed E-state index contributed by atoms with van der Waals surface area (Å²) in [5.74, 6) is 0. The lowest BCUT2D eigenvalue weighted by Gasteiger charge is -2.40. The minimum absolute atomic E-state index is 0.276. The van der Waals surface area contributed by atoms with E-state index in [2.05, 4.69) is 6.07 Å². The van der Waals surface area contributed by atoms with Crippen molar-refractivity contribution in [2.24, 2.45) is 0 Å². The molecule has 2 fully saturated rings.